The number of ether oxygens (including phenoxy) is 1. The number of ketones is 1. The monoisotopic (exact) mass is 271 g/mol. The molecule has 0 unspecified atom stereocenters. The lowest BCUT2D eigenvalue weighted by Gasteiger charge is -2.32. The minimum Gasteiger partial charge on any atom is -0.469 e. The number of esters is 1. The van der Waals surface area contributed by atoms with Gasteiger partial charge in [-0.2, -0.15) is 0 Å². The van der Waals surface area contributed by atoms with E-state index in [1.54, 1.807) is 6.08 Å². The van der Waals surface area contributed by atoms with Gasteiger partial charge in [0.15, 0.2) is 5.78 Å². The molecule has 1 saturated heterocycles. The summed E-state index contributed by atoms with van der Waals surface area (Å²) in [5.41, 5.74) is 1.91. The molecule has 4 nitrogen and oxygen atoms in total. The Morgan fingerprint density at radius 1 is 1.30 bits per heavy atom. The fourth-order valence-corrected chi connectivity index (χ4v) is 3.36. The molecule has 0 aromatic heterocycles. The van der Waals surface area contributed by atoms with Gasteiger partial charge in [-0.1, -0.05) is 30.3 Å². The summed E-state index contributed by atoms with van der Waals surface area (Å²) in [5.74, 6) is -0.428. The molecule has 2 heterocycles. The summed E-state index contributed by atoms with van der Waals surface area (Å²) < 4.78 is 4.91. The lowest BCUT2D eigenvalue weighted by atomic mass is 9.89. The molecule has 20 heavy (non-hydrogen) atoms. The molecule has 4 heteroatoms. The summed E-state index contributed by atoms with van der Waals surface area (Å²) in [6, 6.07) is 9.49. The number of fused-ring (bicyclic) bond motifs is 2. The minimum atomic E-state index is -0.270. The maximum absolute atomic E-state index is 12.2. The zero-order chi connectivity index (χ0) is 14.3. The van der Waals surface area contributed by atoms with Crippen LogP contribution in [-0.4, -0.2) is 42.9 Å². The first kappa shape index (κ1) is 13.1. The summed E-state index contributed by atoms with van der Waals surface area (Å²) in [5, 5.41) is 0. The Hall–Kier alpha value is -1.94. The molecular weight excluding hydrogens is 254 g/mol. The molecule has 1 fully saturated rings. The van der Waals surface area contributed by atoms with Crippen molar-refractivity contribution in [3.8, 4) is 0 Å². The predicted octanol–water partition coefficient (Wildman–Crippen LogP) is 1.51. The molecule has 0 N–H and O–H groups in total. The average Bonchev–Trinajstić information content (AvgIpc) is 2.72. The summed E-state index contributed by atoms with van der Waals surface area (Å²) in [6.07, 6.45) is 2.24. The van der Waals surface area contributed by atoms with E-state index in [0.717, 1.165) is 11.1 Å². The molecule has 3 rings (SSSR count). The van der Waals surface area contributed by atoms with Crippen molar-refractivity contribution in [1.82, 2.24) is 4.90 Å². The van der Waals surface area contributed by atoms with E-state index in [-0.39, 0.29) is 29.8 Å². The maximum Gasteiger partial charge on any atom is 0.310 e. The molecule has 0 radical (unpaired) electrons. The smallest absolute Gasteiger partial charge is 0.310 e. The van der Waals surface area contributed by atoms with E-state index in [1.807, 2.05) is 42.3 Å². The Kier molecular flexibility index (Phi) is 3.18. The number of likely N-dealkylation sites (N-methyl/N-ethyl adjacent to an activating group) is 1. The van der Waals surface area contributed by atoms with Gasteiger partial charge in [-0.3, -0.25) is 14.5 Å². The largest absolute Gasteiger partial charge is 0.469 e. The fourth-order valence-electron chi connectivity index (χ4n) is 3.36. The SMILES string of the molecule is COC(=O)[C@H]1C[C@H]2C(=O)C=C(c3ccccc3)[C@@H]1N2C. The Labute approximate surface area is 118 Å². The molecule has 0 aliphatic carbocycles. The van der Waals surface area contributed by atoms with E-state index < -0.39 is 0 Å². The summed E-state index contributed by atoms with van der Waals surface area (Å²) >= 11 is 0. The predicted molar refractivity (Wildman–Crippen MR) is 74.9 cm³/mol. The second-order valence-corrected chi connectivity index (χ2v) is 5.36. The Morgan fingerprint density at radius 2 is 2.00 bits per heavy atom. The highest BCUT2D eigenvalue weighted by molar-refractivity contribution is 6.05. The summed E-state index contributed by atoms with van der Waals surface area (Å²) in [4.78, 5) is 26.2. The van der Waals surface area contributed by atoms with Gasteiger partial charge in [0.25, 0.3) is 0 Å². The third kappa shape index (κ3) is 1.88. The van der Waals surface area contributed by atoms with Crippen LogP contribution < -0.4 is 0 Å². The zero-order valence-electron chi connectivity index (χ0n) is 11.6. The van der Waals surface area contributed by atoms with Crippen LogP contribution in [0.2, 0.25) is 0 Å². The van der Waals surface area contributed by atoms with Crippen LogP contribution in [-0.2, 0) is 14.3 Å². The number of methoxy groups -OCH3 is 1. The van der Waals surface area contributed by atoms with Crippen LogP contribution in [0.5, 0.6) is 0 Å². The maximum atomic E-state index is 12.2. The van der Waals surface area contributed by atoms with E-state index in [0.29, 0.717) is 6.42 Å². The van der Waals surface area contributed by atoms with E-state index >= 15 is 0 Å². The first-order valence-electron chi connectivity index (χ1n) is 6.74. The molecule has 104 valence electrons. The Morgan fingerprint density at radius 3 is 2.65 bits per heavy atom. The molecule has 2 aliphatic rings. The first-order valence-corrected chi connectivity index (χ1v) is 6.74. The number of carbonyl (C=O) groups is 2. The van der Waals surface area contributed by atoms with Crippen LogP contribution in [0.3, 0.4) is 0 Å². The lowest BCUT2D eigenvalue weighted by Crippen LogP contribution is -2.43. The third-order valence-electron chi connectivity index (χ3n) is 4.34. The highest BCUT2D eigenvalue weighted by Crippen LogP contribution is 2.41. The number of hydrogen-bond donors (Lipinski definition) is 0. The molecule has 1 aromatic carbocycles. The molecule has 0 amide bonds. The van der Waals surface area contributed by atoms with Gasteiger partial charge >= 0.3 is 5.97 Å². The zero-order valence-corrected chi connectivity index (χ0v) is 11.6. The van der Waals surface area contributed by atoms with Crippen molar-refractivity contribution in [2.24, 2.45) is 5.92 Å². The highest BCUT2D eigenvalue weighted by Gasteiger charge is 2.50. The van der Waals surface area contributed by atoms with Gasteiger partial charge < -0.3 is 4.74 Å². The topological polar surface area (TPSA) is 46.6 Å². The molecular formula is C16H17NO3. The van der Waals surface area contributed by atoms with E-state index in [4.69, 9.17) is 4.74 Å². The average molecular weight is 271 g/mol. The third-order valence-corrected chi connectivity index (χ3v) is 4.34. The van der Waals surface area contributed by atoms with Gasteiger partial charge in [-0.15, -0.1) is 0 Å². The second kappa shape index (κ2) is 4.87. The molecule has 3 atom stereocenters. The van der Waals surface area contributed by atoms with E-state index in [1.165, 1.54) is 7.11 Å². The first-order chi connectivity index (χ1) is 9.63. The van der Waals surface area contributed by atoms with Crippen molar-refractivity contribution in [2.45, 2.75) is 18.5 Å². The van der Waals surface area contributed by atoms with E-state index in [9.17, 15) is 9.59 Å². The van der Waals surface area contributed by atoms with Crippen molar-refractivity contribution in [1.29, 1.82) is 0 Å². The lowest BCUT2D eigenvalue weighted by molar-refractivity contribution is -0.145. The van der Waals surface area contributed by atoms with Crippen molar-refractivity contribution >= 4 is 17.3 Å². The summed E-state index contributed by atoms with van der Waals surface area (Å²) in [7, 11) is 3.31. The Bertz CT molecular complexity index is 579. The van der Waals surface area contributed by atoms with Crippen molar-refractivity contribution in [2.75, 3.05) is 14.2 Å². The van der Waals surface area contributed by atoms with Gasteiger partial charge in [-0.05, 0) is 30.7 Å². The van der Waals surface area contributed by atoms with Gasteiger partial charge in [0, 0.05) is 6.04 Å². The van der Waals surface area contributed by atoms with Gasteiger partial charge in [0.2, 0.25) is 0 Å². The fraction of sp³-hybridized carbons (Fsp3) is 0.375. The van der Waals surface area contributed by atoms with Crippen LogP contribution >= 0.6 is 0 Å². The quantitative estimate of drug-likeness (QED) is 0.765. The van der Waals surface area contributed by atoms with Crippen LogP contribution in [0.15, 0.2) is 36.4 Å². The van der Waals surface area contributed by atoms with Gasteiger partial charge in [0.05, 0.1) is 19.1 Å². The van der Waals surface area contributed by atoms with Crippen LogP contribution in [0.25, 0.3) is 5.57 Å². The molecule has 1 aromatic rings. The van der Waals surface area contributed by atoms with E-state index in [2.05, 4.69) is 0 Å². The van der Waals surface area contributed by atoms with Gasteiger partial charge in [0.1, 0.15) is 0 Å². The van der Waals surface area contributed by atoms with Crippen molar-refractivity contribution in [3.05, 3.63) is 42.0 Å². The normalized spacial score (nSPS) is 29.2. The molecule has 2 bridgehead atoms. The number of nitrogens with zero attached hydrogens (tertiary/aromatic N) is 1. The van der Waals surface area contributed by atoms with Gasteiger partial charge in [-0.25, -0.2) is 0 Å². The number of hydrogen-bond acceptors (Lipinski definition) is 4. The number of carbonyl (C=O) groups excluding carboxylic acids is 2. The molecule has 0 saturated carbocycles. The summed E-state index contributed by atoms with van der Waals surface area (Å²) in [6.45, 7) is 0. The highest BCUT2D eigenvalue weighted by atomic mass is 16.5. The van der Waals surface area contributed by atoms with Crippen LogP contribution in [0, 0.1) is 5.92 Å². The Balaban J connectivity index is 2.05. The molecule has 2 aliphatic heterocycles. The van der Waals surface area contributed by atoms with Crippen LogP contribution in [0.4, 0.5) is 0 Å². The van der Waals surface area contributed by atoms with Crippen LogP contribution in [0.1, 0.15) is 12.0 Å². The van der Waals surface area contributed by atoms with Crippen molar-refractivity contribution < 1.29 is 14.3 Å². The van der Waals surface area contributed by atoms with Crippen molar-refractivity contribution in [3.63, 3.8) is 0 Å². The second-order valence-electron chi connectivity index (χ2n) is 5.36. The molecule has 0 spiro atoms. The number of benzene rings is 1. The minimum absolute atomic E-state index is 0.0763. The standard InChI is InChI=1S/C16H17NO3/c1-17-13-8-12(16(19)20-2)15(17)11(9-14(13)18)10-6-4-3-5-7-10/h3-7,9,12-13,15H,8H2,1-2H3/t12-,13-,15-/m0/s1. The number of rotatable bonds is 2.